The Labute approximate surface area is 381 Å². The largest absolute Gasteiger partial charge is 0.309 e. The first-order valence-corrected chi connectivity index (χ1v) is 22.6. The average Bonchev–Trinajstić information content (AvgIpc) is 3.99. The lowest BCUT2D eigenvalue weighted by Crippen LogP contribution is -2.23. The Morgan fingerprint density at radius 1 is 0.379 bits per heavy atom. The summed E-state index contributed by atoms with van der Waals surface area (Å²) in [6.45, 7) is 2.47. The molecule has 0 fully saturated rings. The highest BCUT2D eigenvalue weighted by atomic mass is 15.1. The molecule has 0 amide bonds. The summed E-state index contributed by atoms with van der Waals surface area (Å²) in [4.78, 5) is 15.2. The van der Waals surface area contributed by atoms with E-state index < -0.39 is 5.41 Å². The lowest BCUT2D eigenvalue weighted by molar-refractivity contribution is 0.718. The minimum Gasteiger partial charge on any atom is -0.309 e. The fraction of sp³-hybridized carbons (Fsp3) is 0.0328. The van der Waals surface area contributed by atoms with Crippen LogP contribution in [0.1, 0.15) is 23.6 Å². The Morgan fingerprint density at radius 3 is 1.64 bits per heavy atom. The molecule has 1 aliphatic heterocycles. The second-order valence-electron chi connectivity index (χ2n) is 17.7. The van der Waals surface area contributed by atoms with E-state index in [1.165, 1.54) is 77.5 Å². The van der Waals surface area contributed by atoms with Gasteiger partial charge in [-0.25, -0.2) is 15.0 Å². The highest BCUT2D eigenvalue weighted by Gasteiger charge is 2.48. The van der Waals surface area contributed by atoms with E-state index in [1.807, 2.05) is 36.4 Å². The van der Waals surface area contributed by atoms with Crippen LogP contribution in [0.25, 0.3) is 112 Å². The van der Waals surface area contributed by atoms with E-state index in [2.05, 4.69) is 198 Å². The Kier molecular flexibility index (Phi) is 7.75. The Hall–Kier alpha value is -8.67. The summed E-state index contributed by atoms with van der Waals surface area (Å²) < 4.78 is 5.09. The molecule has 0 spiro atoms. The van der Waals surface area contributed by atoms with Gasteiger partial charge in [-0.1, -0.05) is 170 Å². The lowest BCUT2D eigenvalue weighted by atomic mass is 9.72. The quantitative estimate of drug-likeness (QED) is 0.168. The molecule has 0 saturated heterocycles. The van der Waals surface area contributed by atoms with E-state index in [0.29, 0.717) is 17.5 Å². The highest BCUT2D eigenvalue weighted by molar-refractivity contribution is 6.23. The van der Waals surface area contributed by atoms with Gasteiger partial charge in [-0.2, -0.15) is 0 Å². The number of aromatic nitrogens is 5. The zero-order chi connectivity index (χ0) is 43.5. The van der Waals surface area contributed by atoms with Crippen LogP contribution in [0.3, 0.4) is 0 Å². The van der Waals surface area contributed by atoms with Crippen LogP contribution >= 0.6 is 0 Å². The van der Waals surface area contributed by atoms with Gasteiger partial charge in [0, 0.05) is 55.1 Å². The number of rotatable bonds is 6. The molecule has 0 N–H and O–H groups in total. The van der Waals surface area contributed by atoms with Gasteiger partial charge < -0.3 is 9.13 Å². The first kappa shape index (κ1) is 36.8. The van der Waals surface area contributed by atoms with Crippen LogP contribution in [0.2, 0.25) is 0 Å². The van der Waals surface area contributed by atoms with Crippen molar-refractivity contribution in [2.45, 2.75) is 12.3 Å². The summed E-state index contributed by atoms with van der Waals surface area (Å²) in [6, 6.07) is 78.6. The second-order valence-corrected chi connectivity index (χ2v) is 17.7. The number of nitrogens with zero attached hydrogens (tertiary/aromatic N) is 5. The molecule has 4 heterocycles. The summed E-state index contributed by atoms with van der Waals surface area (Å²) in [7, 11) is 0. The average molecular weight is 842 g/mol. The zero-order valence-electron chi connectivity index (χ0n) is 36.0. The van der Waals surface area contributed by atoms with Crippen LogP contribution in [-0.2, 0) is 5.41 Å². The van der Waals surface area contributed by atoms with Crippen molar-refractivity contribution in [1.29, 1.82) is 0 Å². The summed E-state index contributed by atoms with van der Waals surface area (Å²) in [5, 5.41) is 3.81. The van der Waals surface area contributed by atoms with Crippen molar-refractivity contribution in [3.63, 3.8) is 0 Å². The fourth-order valence-corrected chi connectivity index (χ4v) is 11.2. The summed E-state index contributed by atoms with van der Waals surface area (Å²) >= 11 is 0. The molecule has 1 aliphatic carbocycles. The third-order valence-electron chi connectivity index (χ3n) is 14.1. The normalized spacial score (nSPS) is 14.5. The molecule has 0 saturated carbocycles. The van der Waals surface area contributed by atoms with Crippen LogP contribution in [0, 0.1) is 0 Å². The number of fused-ring (bicyclic) bond motifs is 9. The topological polar surface area (TPSA) is 48.5 Å². The number of para-hydroxylation sites is 1. The molecule has 2 aliphatic rings. The van der Waals surface area contributed by atoms with Crippen LogP contribution < -0.4 is 0 Å². The van der Waals surface area contributed by atoms with Crippen molar-refractivity contribution in [3.05, 3.63) is 235 Å². The first-order valence-electron chi connectivity index (χ1n) is 22.6. The van der Waals surface area contributed by atoms with Crippen LogP contribution in [-0.4, -0.2) is 24.1 Å². The molecule has 14 rings (SSSR count). The third-order valence-corrected chi connectivity index (χ3v) is 14.1. The molecule has 5 nitrogen and oxygen atoms in total. The van der Waals surface area contributed by atoms with Gasteiger partial charge in [-0.3, -0.25) is 0 Å². The second kappa shape index (κ2) is 13.9. The molecular weight excluding hydrogens is 803 g/mol. The third kappa shape index (κ3) is 5.19. The lowest BCUT2D eigenvalue weighted by Gasteiger charge is -2.30. The molecule has 1 atom stereocenters. The number of hydrogen-bond donors (Lipinski definition) is 0. The van der Waals surface area contributed by atoms with E-state index in [1.54, 1.807) is 0 Å². The molecule has 5 heteroatoms. The van der Waals surface area contributed by atoms with E-state index in [-0.39, 0.29) is 0 Å². The van der Waals surface area contributed by atoms with Crippen LogP contribution in [0.5, 0.6) is 0 Å². The summed E-state index contributed by atoms with van der Waals surface area (Å²) in [5.41, 5.74) is 19.5. The molecule has 9 aromatic carbocycles. The minimum atomic E-state index is -0.486. The Morgan fingerprint density at radius 2 is 0.924 bits per heavy atom. The maximum Gasteiger partial charge on any atom is 0.164 e. The standard InChI is InChI=1S/C61H39N5/c1-61-49-28-15-14-27-47(49)57-55(61)54-53(65(57)45-25-12-5-13-26-45)34-31-46-48-36-42(38-17-6-2-7-18-38)29-32-51(48)66(56(46)54)52-33-30-43(37-50(52)61)41-23-16-24-44(35-41)60-63-58(39-19-8-3-9-20-39)62-59(64-60)40-21-10-4-11-22-40/h2-37H,1H3. The van der Waals surface area contributed by atoms with E-state index in [4.69, 9.17) is 15.0 Å². The van der Waals surface area contributed by atoms with E-state index in [9.17, 15) is 0 Å². The molecule has 308 valence electrons. The van der Waals surface area contributed by atoms with Gasteiger partial charge in [0.15, 0.2) is 17.5 Å². The van der Waals surface area contributed by atoms with Crippen molar-refractivity contribution < 1.29 is 0 Å². The molecule has 3 aromatic heterocycles. The zero-order valence-corrected chi connectivity index (χ0v) is 36.0. The van der Waals surface area contributed by atoms with Gasteiger partial charge in [-0.15, -0.1) is 0 Å². The molecular formula is C61H39N5. The van der Waals surface area contributed by atoms with Gasteiger partial charge in [0.1, 0.15) is 0 Å². The van der Waals surface area contributed by atoms with E-state index in [0.717, 1.165) is 33.5 Å². The SMILES string of the molecule is CC12c3ccccc3-c3c1c1c(ccc4c5cc(-c6ccccc6)ccc5n(c41)-c1ccc(-c4cccc(-c5nc(-c6ccccc6)nc(-c6ccccc6)n5)c4)cc12)n3-c1ccccc1. The highest BCUT2D eigenvalue weighted by Crippen LogP contribution is 2.61. The maximum atomic E-state index is 5.10. The fourth-order valence-electron chi connectivity index (χ4n) is 11.2. The molecule has 0 radical (unpaired) electrons. The Balaban J connectivity index is 1.03. The molecule has 66 heavy (non-hydrogen) atoms. The van der Waals surface area contributed by atoms with Gasteiger partial charge >= 0.3 is 0 Å². The summed E-state index contributed by atoms with van der Waals surface area (Å²) in [6.07, 6.45) is 0. The molecule has 12 aromatic rings. The van der Waals surface area contributed by atoms with Crippen molar-refractivity contribution in [3.8, 4) is 79.0 Å². The van der Waals surface area contributed by atoms with Crippen LogP contribution in [0.15, 0.2) is 218 Å². The smallest absolute Gasteiger partial charge is 0.164 e. The number of benzene rings is 9. The number of hydrogen-bond acceptors (Lipinski definition) is 3. The van der Waals surface area contributed by atoms with Crippen molar-refractivity contribution in [1.82, 2.24) is 24.1 Å². The van der Waals surface area contributed by atoms with Crippen molar-refractivity contribution >= 4 is 32.7 Å². The summed E-state index contributed by atoms with van der Waals surface area (Å²) in [5.74, 6) is 1.93. The van der Waals surface area contributed by atoms with Crippen LogP contribution in [0.4, 0.5) is 0 Å². The van der Waals surface area contributed by atoms with Gasteiger partial charge in [0.25, 0.3) is 0 Å². The molecule has 0 bridgehead atoms. The van der Waals surface area contributed by atoms with Gasteiger partial charge in [0.05, 0.1) is 27.9 Å². The van der Waals surface area contributed by atoms with Crippen molar-refractivity contribution in [2.75, 3.05) is 0 Å². The van der Waals surface area contributed by atoms with Gasteiger partial charge in [0.2, 0.25) is 0 Å². The predicted molar refractivity (Wildman–Crippen MR) is 269 cm³/mol. The predicted octanol–water partition coefficient (Wildman–Crippen LogP) is 14.9. The Bertz CT molecular complexity index is 3870. The first-order chi connectivity index (χ1) is 32.6. The minimum absolute atomic E-state index is 0.486. The van der Waals surface area contributed by atoms with E-state index >= 15 is 0 Å². The monoisotopic (exact) mass is 841 g/mol. The maximum absolute atomic E-state index is 5.10. The van der Waals surface area contributed by atoms with Gasteiger partial charge in [-0.05, 0) is 88.8 Å². The van der Waals surface area contributed by atoms with Crippen molar-refractivity contribution in [2.24, 2.45) is 0 Å². The molecule has 1 unspecified atom stereocenters.